The van der Waals surface area contributed by atoms with Crippen molar-refractivity contribution in [3.63, 3.8) is 0 Å². The summed E-state index contributed by atoms with van der Waals surface area (Å²) >= 11 is 3.29. The molecule has 0 bridgehead atoms. The summed E-state index contributed by atoms with van der Waals surface area (Å²) in [7, 11) is 0. The number of hydrogen-bond donors (Lipinski definition) is 0. The maximum absolute atomic E-state index is 10.5. The molecule has 0 aromatic carbocycles. The second-order valence-electron chi connectivity index (χ2n) is 5.93. The quantitative estimate of drug-likeness (QED) is 0.0938. The van der Waals surface area contributed by atoms with Crippen molar-refractivity contribution in [3.05, 3.63) is 0 Å². The third-order valence-corrected chi connectivity index (χ3v) is 3.68. The molecule has 0 amide bonds. The molecule has 0 spiro atoms. The molecule has 0 N–H and O–H groups in total. The summed E-state index contributed by atoms with van der Waals surface area (Å²) in [6.45, 7) is 10.0. The van der Waals surface area contributed by atoms with Gasteiger partial charge in [-0.1, -0.05) is 15.9 Å². The highest BCUT2D eigenvalue weighted by molar-refractivity contribution is 9.09. The Bertz CT molecular complexity index is 363. The van der Waals surface area contributed by atoms with Gasteiger partial charge in [0.05, 0.1) is 106 Å². The van der Waals surface area contributed by atoms with Crippen LogP contribution in [0.5, 0.6) is 0 Å². The standard InChI is InChI=1S/C20H39BrO10/c1-20(22)31-19-18-30-17-16-29-15-14-28-13-12-27-11-10-26-9-8-25-7-6-24-5-4-23-3-2-21/h2-19H2,1H3. The molecule has 0 saturated carbocycles. The molecule has 0 fully saturated rings. The van der Waals surface area contributed by atoms with Crippen LogP contribution in [0.25, 0.3) is 0 Å². The van der Waals surface area contributed by atoms with Crippen molar-refractivity contribution in [1.82, 2.24) is 0 Å². The summed E-state index contributed by atoms with van der Waals surface area (Å²) in [5, 5.41) is 0.838. The van der Waals surface area contributed by atoms with Crippen LogP contribution in [0, 0.1) is 0 Å². The van der Waals surface area contributed by atoms with Crippen molar-refractivity contribution in [2.75, 3.05) is 118 Å². The highest BCUT2D eigenvalue weighted by atomic mass is 79.9. The molecule has 0 aliphatic heterocycles. The monoisotopic (exact) mass is 518 g/mol. The van der Waals surface area contributed by atoms with E-state index in [-0.39, 0.29) is 12.6 Å². The van der Waals surface area contributed by atoms with Gasteiger partial charge in [0.25, 0.3) is 0 Å². The molecule has 11 heteroatoms. The summed E-state index contributed by atoms with van der Waals surface area (Å²) in [5.74, 6) is -0.306. The summed E-state index contributed by atoms with van der Waals surface area (Å²) in [4.78, 5) is 10.5. The number of carbonyl (C=O) groups excluding carboxylic acids is 1. The summed E-state index contributed by atoms with van der Waals surface area (Å²) < 4.78 is 47.6. The third kappa shape index (κ3) is 29.6. The van der Waals surface area contributed by atoms with E-state index in [1.165, 1.54) is 6.92 Å². The van der Waals surface area contributed by atoms with Gasteiger partial charge < -0.3 is 42.6 Å². The molecule has 31 heavy (non-hydrogen) atoms. The number of halogens is 1. The SMILES string of the molecule is CC(=O)OCCOCCOCCOCCOCCOCCOCCOCCOCCBr. The van der Waals surface area contributed by atoms with Crippen LogP contribution in [-0.2, 0) is 47.4 Å². The minimum Gasteiger partial charge on any atom is -0.463 e. The Morgan fingerprint density at radius 3 is 0.903 bits per heavy atom. The first-order chi connectivity index (χ1) is 15.3. The van der Waals surface area contributed by atoms with Gasteiger partial charge in [-0.15, -0.1) is 0 Å². The van der Waals surface area contributed by atoms with Gasteiger partial charge >= 0.3 is 5.97 Å². The molecular weight excluding hydrogens is 480 g/mol. The van der Waals surface area contributed by atoms with Gasteiger partial charge in [-0.2, -0.15) is 0 Å². The van der Waals surface area contributed by atoms with Crippen LogP contribution in [0.3, 0.4) is 0 Å². The molecule has 0 aliphatic rings. The fraction of sp³-hybridized carbons (Fsp3) is 0.950. The predicted octanol–water partition coefficient (Wildman–Crippen LogP) is 1.08. The number of carbonyl (C=O) groups is 1. The Morgan fingerprint density at radius 2 is 0.677 bits per heavy atom. The molecular formula is C20H39BrO10. The first-order valence-electron chi connectivity index (χ1n) is 10.6. The minimum absolute atomic E-state index is 0.265. The average Bonchev–Trinajstić information content (AvgIpc) is 2.76. The number of hydrogen-bond acceptors (Lipinski definition) is 10. The van der Waals surface area contributed by atoms with Crippen LogP contribution in [-0.4, -0.2) is 124 Å². The molecule has 0 radical (unpaired) electrons. The van der Waals surface area contributed by atoms with E-state index in [1.54, 1.807) is 0 Å². The van der Waals surface area contributed by atoms with Gasteiger partial charge in [0, 0.05) is 12.3 Å². The lowest BCUT2D eigenvalue weighted by Gasteiger charge is -2.08. The number of ether oxygens (including phenoxy) is 9. The van der Waals surface area contributed by atoms with Crippen LogP contribution >= 0.6 is 15.9 Å². The second-order valence-corrected chi connectivity index (χ2v) is 6.72. The molecule has 0 aliphatic carbocycles. The largest absolute Gasteiger partial charge is 0.463 e. The average molecular weight is 519 g/mol. The van der Waals surface area contributed by atoms with Crippen molar-refractivity contribution >= 4 is 21.9 Å². The lowest BCUT2D eigenvalue weighted by molar-refractivity contribution is -0.142. The molecule has 0 aromatic rings. The molecule has 10 nitrogen and oxygen atoms in total. The lowest BCUT2D eigenvalue weighted by Crippen LogP contribution is -2.15. The summed E-state index contributed by atoms with van der Waals surface area (Å²) in [5.41, 5.74) is 0. The first kappa shape index (κ1) is 30.6. The van der Waals surface area contributed by atoms with Gasteiger partial charge in [-0.05, 0) is 0 Å². The normalized spacial score (nSPS) is 11.2. The fourth-order valence-electron chi connectivity index (χ4n) is 1.94. The zero-order valence-corrected chi connectivity index (χ0v) is 20.3. The smallest absolute Gasteiger partial charge is 0.302 e. The second kappa shape index (κ2) is 27.7. The van der Waals surface area contributed by atoms with Crippen LogP contribution in [0.15, 0.2) is 0 Å². The van der Waals surface area contributed by atoms with Crippen LogP contribution < -0.4 is 0 Å². The van der Waals surface area contributed by atoms with E-state index in [0.29, 0.717) is 106 Å². The molecule has 0 unspecified atom stereocenters. The third-order valence-electron chi connectivity index (χ3n) is 3.36. The van der Waals surface area contributed by atoms with Crippen LogP contribution in [0.2, 0.25) is 0 Å². The van der Waals surface area contributed by atoms with Crippen molar-refractivity contribution in [3.8, 4) is 0 Å². The van der Waals surface area contributed by atoms with Crippen molar-refractivity contribution in [2.24, 2.45) is 0 Å². The van der Waals surface area contributed by atoms with E-state index in [4.69, 9.17) is 42.6 Å². The Hall–Kier alpha value is -0.370. The number of rotatable bonds is 26. The molecule has 0 rings (SSSR count). The molecule has 186 valence electrons. The highest BCUT2D eigenvalue weighted by Crippen LogP contribution is 1.86. The van der Waals surface area contributed by atoms with Crippen LogP contribution in [0.4, 0.5) is 0 Å². The van der Waals surface area contributed by atoms with E-state index in [0.717, 1.165) is 5.33 Å². The molecule has 0 heterocycles. The Balaban J connectivity index is 3.00. The lowest BCUT2D eigenvalue weighted by atomic mass is 10.6. The van der Waals surface area contributed by atoms with E-state index < -0.39 is 0 Å². The minimum atomic E-state index is -0.306. The van der Waals surface area contributed by atoms with Crippen molar-refractivity contribution in [1.29, 1.82) is 0 Å². The first-order valence-corrected chi connectivity index (χ1v) is 11.7. The molecule has 0 aromatic heterocycles. The predicted molar refractivity (Wildman–Crippen MR) is 117 cm³/mol. The topological polar surface area (TPSA) is 100 Å². The van der Waals surface area contributed by atoms with Gasteiger partial charge in [0.15, 0.2) is 0 Å². The number of esters is 1. The van der Waals surface area contributed by atoms with E-state index in [1.807, 2.05) is 0 Å². The highest BCUT2D eigenvalue weighted by Gasteiger charge is 1.96. The maximum Gasteiger partial charge on any atom is 0.302 e. The summed E-state index contributed by atoms with van der Waals surface area (Å²) in [6.07, 6.45) is 0. The summed E-state index contributed by atoms with van der Waals surface area (Å²) in [6, 6.07) is 0. The van der Waals surface area contributed by atoms with Gasteiger partial charge in [-0.3, -0.25) is 4.79 Å². The molecule has 0 saturated heterocycles. The van der Waals surface area contributed by atoms with E-state index >= 15 is 0 Å². The Morgan fingerprint density at radius 1 is 0.452 bits per heavy atom. The van der Waals surface area contributed by atoms with Crippen molar-refractivity contribution < 1.29 is 47.4 Å². The van der Waals surface area contributed by atoms with Crippen LogP contribution in [0.1, 0.15) is 6.92 Å². The fourth-order valence-corrected chi connectivity index (χ4v) is 2.17. The Labute approximate surface area is 194 Å². The van der Waals surface area contributed by atoms with E-state index in [2.05, 4.69) is 15.9 Å². The zero-order valence-electron chi connectivity index (χ0n) is 18.7. The Kier molecular flexibility index (Phi) is 27.3. The van der Waals surface area contributed by atoms with Gasteiger partial charge in [-0.25, -0.2) is 0 Å². The zero-order chi connectivity index (χ0) is 22.7. The molecule has 0 atom stereocenters. The van der Waals surface area contributed by atoms with Gasteiger partial charge in [0.1, 0.15) is 6.61 Å². The maximum atomic E-state index is 10.5. The van der Waals surface area contributed by atoms with Crippen molar-refractivity contribution in [2.45, 2.75) is 6.92 Å². The van der Waals surface area contributed by atoms with Gasteiger partial charge in [0.2, 0.25) is 0 Å². The number of alkyl halides is 1. The van der Waals surface area contributed by atoms with E-state index in [9.17, 15) is 4.79 Å².